The Morgan fingerprint density at radius 2 is 1.53 bits per heavy atom. The van der Waals surface area contributed by atoms with Gasteiger partial charge in [-0.1, -0.05) is 66.7 Å². The number of hydrogen-bond donors (Lipinski definition) is 4. The Bertz CT molecular complexity index is 1010. The van der Waals surface area contributed by atoms with E-state index in [2.05, 4.69) is 36.7 Å². The van der Waals surface area contributed by atoms with Crippen LogP contribution in [-0.2, 0) is 25.8 Å². The minimum atomic E-state index is -1.94. The monoisotopic (exact) mass is 621 g/mol. The summed E-state index contributed by atoms with van der Waals surface area (Å²) in [6.07, 6.45) is 6.37. The Kier molecular flexibility index (Phi) is 20.7. The lowest BCUT2D eigenvalue weighted by Gasteiger charge is -2.21. The maximum Gasteiger partial charge on any atom is 0.239 e. The van der Waals surface area contributed by atoms with Gasteiger partial charge in [-0.15, -0.1) is 0 Å². The highest BCUT2D eigenvalue weighted by Crippen LogP contribution is 2.30. The maximum atomic E-state index is 14.2. The highest BCUT2D eigenvalue weighted by atomic mass is 19.2. The van der Waals surface area contributed by atoms with E-state index in [4.69, 9.17) is 9.84 Å². The van der Waals surface area contributed by atoms with Crippen molar-refractivity contribution in [1.29, 1.82) is 0 Å². The van der Waals surface area contributed by atoms with E-state index in [1.54, 1.807) is 0 Å². The highest BCUT2D eigenvalue weighted by Gasteiger charge is 2.32. The number of amides is 3. The van der Waals surface area contributed by atoms with E-state index in [0.29, 0.717) is 19.4 Å². The van der Waals surface area contributed by atoms with E-state index in [-0.39, 0.29) is 24.7 Å². The standard InChI is InChI=1S/C25H33F4N3O6.C3H8.C2H6/c1-2-3-4-5-6-7-18(35)31-11-19(36)32-16(10-14-8-9-30-25(14)37)17(34)13-38-24-22(28)20(26)15(12-33)21(27)23(24)29;1-3-2;1-2/h14,16,33H,2-13H2,1H3,(H,30,37)(H,31,35)(H,32,36);3H2,1-2H3;1-2H3. The smallest absolute Gasteiger partial charge is 0.239 e. The first-order chi connectivity index (χ1) is 20.5. The summed E-state index contributed by atoms with van der Waals surface area (Å²) in [5.74, 6) is -12.1. The molecule has 13 heteroatoms. The minimum Gasteiger partial charge on any atom is -0.479 e. The second-order valence-electron chi connectivity index (χ2n) is 9.76. The number of benzene rings is 1. The number of ketones is 1. The number of unbranched alkanes of at least 4 members (excludes halogenated alkanes) is 4. The van der Waals surface area contributed by atoms with Crippen LogP contribution in [0.5, 0.6) is 5.75 Å². The molecule has 2 rings (SSSR count). The lowest BCUT2D eigenvalue weighted by Crippen LogP contribution is -2.48. The van der Waals surface area contributed by atoms with Gasteiger partial charge < -0.3 is 25.8 Å². The zero-order valence-corrected chi connectivity index (χ0v) is 25.8. The molecule has 1 saturated heterocycles. The SMILES string of the molecule is CC.CCC.CCCCCCCC(=O)NCC(=O)NC(CC1CCNC1=O)C(=O)COc1c(F)c(F)c(CO)c(F)c1F. The zero-order valence-electron chi connectivity index (χ0n) is 25.8. The van der Waals surface area contributed by atoms with Crippen molar-refractivity contribution < 1.29 is 46.6 Å². The van der Waals surface area contributed by atoms with Crippen LogP contribution >= 0.6 is 0 Å². The number of Topliss-reactive ketones (excluding diaryl/α,β-unsaturated/α-hetero) is 1. The van der Waals surface area contributed by atoms with Crippen molar-refractivity contribution in [2.24, 2.45) is 5.92 Å². The Morgan fingerprint density at radius 1 is 0.953 bits per heavy atom. The van der Waals surface area contributed by atoms with Crippen molar-refractivity contribution in [2.75, 3.05) is 19.7 Å². The molecule has 0 bridgehead atoms. The quantitative estimate of drug-likeness (QED) is 0.121. The third kappa shape index (κ3) is 13.7. The van der Waals surface area contributed by atoms with Gasteiger partial charge in [0.05, 0.1) is 24.8 Å². The number of aliphatic hydroxyl groups excluding tert-OH is 1. The van der Waals surface area contributed by atoms with Gasteiger partial charge in [0, 0.05) is 18.9 Å². The number of ether oxygens (including phenoxy) is 1. The van der Waals surface area contributed by atoms with Crippen LogP contribution in [0.25, 0.3) is 0 Å². The van der Waals surface area contributed by atoms with Crippen LogP contribution < -0.4 is 20.7 Å². The van der Waals surface area contributed by atoms with Crippen molar-refractivity contribution in [3.8, 4) is 5.75 Å². The number of nitrogens with one attached hydrogen (secondary N) is 3. The first kappa shape index (κ1) is 39.8. The number of hydrogen-bond acceptors (Lipinski definition) is 6. The molecule has 2 unspecified atom stereocenters. The van der Waals surface area contributed by atoms with Crippen LogP contribution in [0.4, 0.5) is 17.6 Å². The lowest BCUT2D eigenvalue weighted by molar-refractivity contribution is -0.130. The van der Waals surface area contributed by atoms with Crippen LogP contribution in [0.1, 0.15) is 98.0 Å². The molecule has 0 spiro atoms. The summed E-state index contributed by atoms with van der Waals surface area (Å²) >= 11 is 0. The van der Waals surface area contributed by atoms with Gasteiger partial charge in [0.15, 0.2) is 23.2 Å². The second-order valence-corrected chi connectivity index (χ2v) is 9.76. The molecule has 0 saturated carbocycles. The summed E-state index contributed by atoms with van der Waals surface area (Å²) < 4.78 is 60.9. The van der Waals surface area contributed by atoms with Gasteiger partial charge in [-0.2, -0.15) is 8.78 Å². The number of halogens is 4. The average molecular weight is 622 g/mol. The van der Waals surface area contributed by atoms with Gasteiger partial charge >= 0.3 is 0 Å². The fraction of sp³-hybridized carbons (Fsp3) is 0.667. The molecule has 0 aliphatic carbocycles. The maximum absolute atomic E-state index is 14.2. The van der Waals surface area contributed by atoms with E-state index in [1.165, 1.54) is 6.42 Å². The molecule has 0 aromatic heterocycles. The number of carbonyl (C=O) groups excluding carboxylic acids is 4. The van der Waals surface area contributed by atoms with Crippen molar-refractivity contribution in [2.45, 2.75) is 105 Å². The molecule has 9 nitrogen and oxygen atoms in total. The summed E-state index contributed by atoms with van der Waals surface area (Å²) in [6.45, 7) is 7.83. The Labute approximate surface area is 251 Å². The van der Waals surface area contributed by atoms with Crippen molar-refractivity contribution >= 4 is 23.5 Å². The Hall–Kier alpha value is -3.22. The molecule has 1 aromatic carbocycles. The summed E-state index contributed by atoms with van der Waals surface area (Å²) in [4.78, 5) is 49.2. The van der Waals surface area contributed by atoms with Gasteiger partial charge in [-0.25, -0.2) is 8.78 Å². The average Bonchev–Trinajstić information content (AvgIpc) is 3.40. The second kappa shape index (κ2) is 22.3. The predicted octanol–water partition coefficient (Wildman–Crippen LogP) is 4.61. The molecule has 1 aromatic rings. The van der Waals surface area contributed by atoms with E-state index in [0.717, 1.165) is 25.7 Å². The topological polar surface area (TPSA) is 134 Å². The van der Waals surface area contributed by atoms with E-state index in [9.17, 15) is 36.7 Å². The van der Waals surface area contributed by atoms with Crippen molar-refractivity contribution in [3.05, 3.63) is 28.8 Å². The first-order valence-corrected chi connectivity index (χ1v) is 15.0. The van der Waals surface area contributed by atoms with Gasteiger partial charge in [0.25, 0.3) is 0 Å². The van der Waals surface area contributed by atoms with Gasteiger partial charge in [-0.05, 0) is 19.3 Å². The van der Waals surface area contributed by atoms with E-state index < -0.39 is 78.0 Å². The molecule has 1 aliphatic rings. The molecule has 1 aliphatic heterocycles. The molecule has 246 valence electrons. The zero-order chi connectivity index (χ0) is 32.9. The van der Waals surface area contributed by atoms with Crippen LogP contribution in [0.2, 0.25) is 0 Å². The molecule has 1 fully saturated rings. The Morgan fingerprint density at radius 3 is 2.05 bits per heavy atom. The molecule has 1 heterocycles. The molecule has 0 radical (unpaired) electrons. The normalized spacial score (nSPS) is 14.4. The number of aliphatic hydroxyl groups is 1. The Balaban J connectivity index is 0.00000331. The summed E-state index contributed by atoms with van der Waals surface area (Å²) in [5, 5.41) is 16.3. The third-order valence-corrected chi connectivity index (χ3v) is 6.19. The molecule has 2 atom stereocenters. The highest BCUT2D eigenvalue weighted by molar-refractivity contribution is 5.92. The largest absolute Gasteiger partial charge is 0.479 e. The molecular weight excluding hydrogens is 574 g/mol. The minimum absolute atomic E-state index is 0.164. The van der Waals surface area contributed by atoms with E-state index >= 15 is 0 Å². The van der Waals surface area contributed by atoms with Crippen LogP contribution in [0.3, 0.4) is 0 Å². The van der Waals surface area contributed by atoms with Crippen molar-refractivity contribution in [3.63, 3.8) is 0 Å². The van der Waals surface area contributed by atoms with Crippen LogP contribution in [0, 0.1) is 29.2 Å². The molecule has 43 heavy (non-hydrogen) atoms. The summed E-state index contributed by atoms with van der Waals surface area (Å²) in [6, 6.07) is -1.35. The fourth-order valence-electron chi connectivity index (χ4n) is 3.99. The summed E-state index contributed by atoms with van der Waals surface area (Å²) in [5.41, 5.74) is -1.24. The number of carbonyl (C=O) groups is 4. The van der Waals surface area contributed by atoms with E-state index in [1.807, 2.05) is 13.8 Å². The molecule has 3 amide bonds. The molecular formula is C30H47F4N3O6. The first-order valence-electron chi connectivity index (χ1n) is 15.0. The fourth-order valence-corrected chi connectivity index (χ4v) is 3.99. The molecule has 4 N–H and O–H groups in total. The van der Waals surface area contributed by atoms with Crippen LogP contribution in [0.15, 0.2) is 0 Å². The third-order valence-electron chi connectivity index (χ3n) is 6.19. The number of rotatable bonds is 16. The van der Waals surface area contributed by atoms with Gasteiger partial charge in [0.1, 0.15) is 6.61 Å². The van der Waals surface area contributed by atoms with Crippen molar-refractivity contribution in [1.82, 2.24) is 16.0 Å². The van der Waals surface area contributed by atoms with Gasteiger partial charge in [0.2, 0.25) is 29.4 Å². The predicted molar refractivity (Wildman–Crippen MR) is 154 cm³/mol. The van der Waals surface area contributed by atoms with Gasteiger partial charge in [-0.3, -0.25) is 19.2 Å². The van der Waals surface area contributed by atoms with Crippen LogP contribution in [-0.4, -0.2) is 54.3 Å². The summed E-state index contributed by atoms with van der Waals surface area (Å²) in [7, 11) is 0. The lowest BCUT2D eigenvalue weighted by atomic mass is 9.96.